The largest absolute Gasteiger partial charge is 0.488 e. The molecule has 0 radical (unpaired) electrons. The van der Waals surface area contributed by atoms with Crippen molar-refractivity contribution in [3.8, 4) is 11.8 Å². The van der Waals surface area contributed by atoms with Gasteiger partial charge in [0.15, 0.2) is 0 Å². The van der Waals surface area contributed by atoms with E-state index in [1.54, 1.807) is 6.07 Å². The quantitative estimate of drug-likeness (QED) is 0.912. The van der Waals surface area contributed by atoms with Gasteiger partial charge in [0.05, 0.1) is 11.6 Å². The fourth-order valence-corrected chi connectivity index (χ4v) is 2.08. The smallest absolute Gasteiger partial charge is 0.339 e. The molecule has 6 heteroatoms. The molecule has 2 rings (SSSR count). The molecule has 0 aromatic heterocycles. The number of hydrogen-bond acceptors (Lipinski definition) is 3. The first kappa shape index (κ1) is 15.0. The Kier molecular flexibility index (Phi) is 4.55. The molecule has 0 fully saturated rings. The number of benzene rings is 2. The lowest BCUT2D eigenvalue weighted by Crippen LogP contribution is -2.04. The van der Waals surface area contributed by atoms with Crippen LogP contribution >= 0.6 is 15.9 Å². The molecular weight excluding hydrogens is 341 g/mol. The summed E-state index contributed by atoms with van der Waals surface area (Å²) in [6.45, 7) is -0.0998. The summed E-state index contributed by atoms with van der Waals surface area (Å²) < 4.78 is 19.3. The predicted molar refractivity (Wildman–Crippen MR) is 76.5 cm³/mol. The van der Waals surface area contributed by atoms with Gasteiger partial charge in [-0.25, -0.2) is 9.18 Å². The van der Waals surface area contributed by atoms with Crippen molar-refractivity contribution in [3.63, 3.8) is 0 Å². The van der Waals surface area contributed by atoms with Crippen LogP contribution in [0.2, 0.25) is 0 Å². The summed E-state index contributed by atoms with van der Waals surface area (Å²) in [6, 6.07) is 10.2. The van der Waals surface area contributed by atoms with Crippen molar-refractivity contribution >= 4 is 21.9 Å². The van der Waals surface area contributed by atoms with E-state index in [9.17, 15) is 9.18 Å². The van der Waals surface area contributed by atoms with E-state index in [1.165, 1.54) is 30.3 Å². The van der Waals surface area contributed by atoms with Crippen molar-refractivity contribution in [1.29, 1.82) is 5.26 Å². The second kappa shape index (κ2) is 6.37. The molecule has 0 spiro atoms. The molecule has 0 atom stereocenters. The Morgan fingerprint density at radius 3 is 2.76 bits per heavy atom. The number of carbonyl (C=O) groups is 1. The Bertz CT molecular complexity index is 740. The lowest BCUT2D eigenvalue weighted by atomic mass is 10.1. The number of halogens is 2. The minimum Gasteiger partial charge on any atom is -0.488 e. The Morgan fingerprint density at radius 2 is 2.10 bits per heavy atom. The zero-order valence-corrected chi connectivity index (χ0v) is 12.2. The highest BCUT2D eigenvalue weighted by atomic mass is 79.9. The summed E-state index contributed by atoms with van der Waals surface area (Å²) in [5.74, 6) is -1.47. The van der Waals surface area contributed by atoms with Crippen LogP contribution in [0.1, 0.15) is 21.5 Å². The SMILES string of the molecule is N#Cc1ccc(F)cc1COc1cc(Br)ccc1C(=O)O. The number of hydrogen-bond donors (Lipinski definition) is 1. The lowest BCUT2D eigenvalue weighted by Gasteiger charge is -2.10. The molecule has 4 nitrogen and oxygen atoms in total. The number of nitriles is 1. The first-order valence-corrected chi connectivity index (χ1v) is 6.64. The second-order valence-corrected chi connectivity index (χ2v) is 5.06. The Labute approximate surface area is 128 Å². The van der Waals surface area contributed by atoms with Gasteiger partial charge >= 0.3 is 5.97 Å². The van der Waals surface area contributed by atoms with Crippen LogP contribution in [0.15, 0.2) is 40.9 Å². The van der Waals surface area contributed by atoms with E-state index < -0.39 is 11.8 Å². The molecule has 0 bridgehead atoms. The van der Waals surface area contributed by atoms with Crippen molar-refractivity contribution in [3.05, 3.63) is 63.4 Å². The number of ether oxygens (including phenoxy) is 1. The molecular formula is C15H9BrFNO3. The molecule has 0 saturated carbocycles. The van der Waals surface area contributed by atoms with Crippen molar-refractivity contribution in [2.24, 2.45) is 0 Å². The summed E-state index contributed by atoms with van der Waals surface area (Å²) in [4.78, 5) is 11.1. The van der Waals surface area contributed by atoms with Crippen LogP contribution in [0.25, 0.3) is 0 Å². The van der Waals surface area contributed by atoms with E-state index >= 15 is 0 Å². The van der Waals surface area contributed by atoms with Gasteiger partial charge in [0, 0.05) is 10.0 Å². The van der Waals surface area contributed by atoms with Gasteiger partial charge in [-0.2, -0.15) is 5.26 Å². The third kappa shape index (κ3) is 3.58. The van der Waals surface area contributed by atoms with Crippen LogP contribution in [0, 0.1) is 17.1 Å². The molecule has 0 heterocycles. The van der Waals surface area contributed by atoms with Crippen molar-refractivity contribution < 1.29 is 19.0 Å². The van der Waals surface area contributed by atoms with Crippen LogP contribution < -0.4 is 4.74 Å². The second-order valence-electron chi connectivity index (χ2n) is 4.15. The number of aromatic carboxylic acids is 1. The van der Waals surface area contributed by atoms with Crippen LogP contribution in [0.5, 0.6) is 5.75 Å². The van der Waals surface area contributed by atoms with Gasteiger partial charge in [-0.05, 0) is 36.4 Å². The summed E-state index contributed by atoms with van der Waals surface area (Å²) in [5, 5.41) is 18.1. The maximum atomic E-state index is 13.2. The Hall–Kier alpha value is -2.39. The van der Waals surface area contributed by atoms with Crippen molar-refractivity contribution in [1.82, 2.24) is 0 Å². The number of rotatable bonds is 4. The Morgan fingerprint density at radius 1 is 1.33 bits per heavy atom. The van der Waals surface area contributed by atoms with Crippen LogP contribution in [0.4, 0.5) is 4.39 Å². The van der Waals surface area contributed by atoms with E-state index in [0.717, 1.165) is 0 Å². The fourth-order valence-electron chi connectivity index (χ4n) is 1.74. The number of carboxylic acid groups (broad SMARTS) is 1. The molecule has 0 saturated heterocycles. The average Bonchev–Trinajstić information content (AvgIpc) is 2.45. The summed E-state index contributed by atoms with van der Waals surface area (Å²) in [7, 11) is 0. The molecule has 0 aliphatic rings. The third-order valence-electron chi connectivity index (χ3n) is 2.74. The van der Waals surface area contributed by atoms with Gasteiger partial charge in [0.25, 0.3) is 0 Å². The van der Waals surface area contributed by atoms with Gasteiger partial charge in [-0.3, -0.25) is 0 Å². The van der Waals surface area contributed by atoms with Gasteiger partial charge < -0.3 is 9.84 Å². The predicted octanol–water partition coefficient (Wildman–Crippen LogP) is 3.74. The summed E-state index contributed by atoms with van der Waals surface area (Å²) >= 11 is 3.23. The van der Waals surface area contributed by atoms with E-state index in [2.05, 4.69) is 15.9 Å². The highest BCUT2D eigenvalue weighted by Crippen LogP contribution is 2.25. The maximum absolute atomic E-state index is 13.2. The fraction of sp³-hybridized carbons (Fsp3) is 0.0667. The lowest BCUT2D eigenvalue weighted by molar-refractivity contribution is 0.0691. The molecule has 2 aromatic rings. The van der Waals surface area contributed by atoms with Gasteiger partial charge in [-0.15, -0.1) is 0 Å². The van der Waals surface area contributed by atoms with Crippen LogP contribution in [-0.2, 0) is 6.61 Å². The molecule has 0 amide bonds. The molecule has 21 heavy (non-hydrogen) atoms. The normalized spacial score (nSPS) is 9.95. The topological polar surface area (TPSA) is 70.3 Å². The number of nitrogens with zero attached hydrogens (tertiary/aromatic N) is 1. The van der Waals surface area contributed by atoms with E-state index in [0.29, 0.717) is 10.0 Å². The van der Waals surface area contributed by atoms with Crippen molar-refractivity contribution in [2.75, 3.05) is 0 Å². The molecule has 0 unspecified atom stereocenters. The number of carboxylic acids is 1. The van der Waals surface area contributed by atoms with Crippen LogP contribution in [0.3, 0.4) is 0 Å². The van der Waals surface area contributed by atoms with Gasteiger partial charge in [0.2, 0.25) is 0 Å². The van der Waals surface area contributed by atoms with Gasteiger partial charge in [-0.1, -0.05) is 15.9 Å². The van der Waals surface area contributed by atoms with Crippen LogP contribution in [-0.4, -0.2) is 11.1 Å². The monoisotopic (exact) mass is 349 g/mol. The van der Waals surface area contributed by atoms with E-state index in [-0.39, 0.29) is 23.5 Å². The first-order chi connectivity index (χ1) is 10.0. The Balaban J connectivity index is 2.29. The van der Waals surface area contributed by atoms with Crippen molar-refractivity contribution in [2.45, 2.75) is 6.61 Å². The standard InChI is InChI=1S/C15H9BrFNO3/c16-11-2-4-13(15(19)20)14(6-11)21-8-10-5-12(17)3-1-9(10)7-18/h1-6H,8H2,(H,19,20). The summed E-state index contributed by atoms with van der Waals surface area (Å²) in [6.07, 6.45) is 0. The molecule has 0 aliphatic carbocycles. The summed E-state index contributed by atoms with van der Waals surface area (Å²) in [5.41, 5.74) is 0.630. The average molecular weight is 350 g/mol. The maximum Gasteiger partial charge on any atom is 0.339 e. The molecule has 106 valence electrons. The zero-order valence-electron chi connectivity index (χ0n) is 10.6. The molecule has 2 aromatic carbocycles. The third-order valence-corrected chi connectivity index (χ3v) is 3.24. The van der Waals surface area contributed by atoms with Gasteiger partial charge in [0.1, 0.15) is 23.7 Å². The minimum atomic E-state index is -1.13. The first-order valence-electron chi connectivity index (χ1n) is 5.85. The molecule has 1 N–H and O–H groups in total. The minimum absolute atomic E-state index is 0.00638. The molecule has 0 aliphatic heterocycles. The zero-order chi connectivity index (χ0) is 15.4. The van der Waals surface area contributed by atoms with E-state index in [1.807, 2.05) is 6.07 Å². The highest BCUT2D eigenvalue weighted by Gasteiger charge is 2.13. The van der Waals surface area contributed by atoms with E-state index in [4.69, 9.17) is 15.1 Å². The highest BCUT2D eigenvalue weighted by molar-refractivity contribution is 9.10.